The summed E-state index contributed by atoms with van der Waals surface area (Å²) >= 11 is 0. The largest absolute Gasteiger partial charge is 0.455 e. The third-order valence-electron chi connectivity index (χ3n) is 10.7. The van der Waals surface area contributed by atoms with E-state index in [2.05, 4.69) is 158 Å². The highest BCUT2D eigenvalue weighted by Crippen LogP contribution is 2.47. The highest BCUT2D eigenvalue weighted by Gasteiger charge is 2.22. The molecule has 52 heavy (non-hydrogen) atoms. The SMILES string of the molecule is c1ccc(-c2ccccc2-c2c3ccccc3c(-c3ccc(-c4cc5c6ccccc6oc5c5c4oc4ccccc45)cc3)c3ccccc23)cc1. The number of fused-ring (bicyclic) bond motifs is 9. The Morgan fingerprint density at radius 1 is 0.269 bits per heavy atom. The summed E-state index contributed by atoms with van der Waals surface area (Å²) in [5, 5.41) is 9.23. The van der Waals surface area contributed by atoms with Crippen molar-refractivity contribution in [2.75, 3.05) is 0 Å². The number of para-hydroxylation sites is 2. The Balaban J connectivity index is 1.14. The summed E-state index contributed by atoms with van der Waals surface area (Å²) in [5.74, 6) is 0. The van der Waals surface area contributed by atoms with E-state index in [1.165, 1.54) is 54.9 Å². The first-order chi connectivity index (χ1) is 25.8. The van der Waals surface area contributed by atoms with E-state index < -0.39 is 0 Å². The molecule has 9 aromatic carbocycles. The van der Waals surface area contributed by atoms with Crippen molar-refractivity contribution in [2.24, 2.45) is 0 Å². The summed E-state index contributed by atoms with van der Waals surface area (Å²) in [6, 6.07) is 65.0. The summed E-state index contributed by atoms with van der Waals surface area (Å²) in [6.45, 7) is 0. The van der Waals surface area contributed by atoms with Gasteiger partial charge in [0.2, 0.25) is 0 Å². The van der Waals surface area contributed by atoms with E-state index in [-0.39, 0.29) is 0 Å². The molecule has 0 aliphatic carbocycles. The number of furan rings is 2. The first kappa shape index (κ1) is 28.9. The second-order valence-corrected chi connectivity index (χ2v) is 13.5. The Kier molecular flexibility index (Phi) is 6.28. The normalized spacial score (nSPS) is 11.8. The van der Waals surface area contributed by atoms with Gasteiger partial charge in [-0.05, 0) is 78.7 Å². The van der Waals surface area contributed by atoms with Gasteiger partial charge in [0.05, 0.1) is 5.39 Å². The lowest BCUT2D eigenvalue weighted by molar-refractivity contribution is 0.663. The quantitative estimate of drug-likeness (QED) is 0.175. The molecule has 0 spiro atoms. The molecule has 242 valence electrons. The van der Waals surface area contributed by atoms with Gasteiger partial charge in [0, 0.05) is 21.7 Å². The van der Waals surface area contributed by atoms with E-state index >= 15 is 0 Å². The van der Waals surface area contributed by atoms with Crippen molar-refractivity contribution in [1.29, 1.82) is 0 Å². The lowest BCUT2D eigenvalue weighted by Crippen LogP contribution is -1.92. The second kappa shape index (κ2) is 11.3. The molecule has 0 atom stereocenters. The van der Waals surface area contributed by atoms with Crippen LogP contribution in [0, 0.1) is 0 Å². The van der Waals surface area contributed by atoms with Crippen LogP contribution in [0.25, 0.3) is 110 Å². The third kappa shape index (κ3) is 4.25. The highest BCUT2D eigenvalue weighted by atomic mass is 16.3. The van der Waals surface area contributed by atoms with Crippen LogP contribution in [-0.2, 0) is 0 Å². The van der Waals surface area contributed by atoms with Gasteiger partial charge in [-0.15, -0.1) is 0 Å². The topological polar surface area (TPSA) is 26.3 Å². The molecule has 11 rings (SSSR count). The van der Waals surface area contributed by atoms with Crippen molar-refractivity contribution in [3.05, 3.63) is 182 Å². The fraction of sp³-hybridized carbons (Fsp3) is 0. The molecule has 2 aromatic heterocycles. The van der Waals surface area contributed by atoms with E-state index in [1.807, 2.05) is 24.3 Å². The van der Waals surface area contributed by atoms with E-state index in [9.17, 15) is 0 Å². The van der Waals surface area contributed by atoms with Gasteiger partial charge in [-0.1, -0.05) is 164 Å². The van der Waals surface area contributed by atoms with Crippen molar-refractivity contribution in [2.45, 2.75) is 0 Å². The number of rotatable bonds is 4. The summed E-state index contributed by atoms with van der Waals surface area (Å²) in [5.41, 5.74) is 13.0. The zero-order chi connectivity index (χ0) is 34.2. The minimum Gasteiger partial charge on any atom is -0.455 e. The molecule has 2 heterocycles. The predicted molar refractivity (Wildman–Crippen MR) is 218 cm³/mol. The van der Waals surface area contributed by atoms with Crippen molar-refractivity contribution in [3.8, 4) is 44.5 Å². The average Bonchev–Trinajstić information content (AvgIpc) is 3.79. The minimum absolute atomic E-state index is 0.845. The van der Waals surface area contributed by atoms with Gasteiger partial charge in [-0.25, -0.2) is 0 Å². The zero-order valence-corrected chi connectivity index (χ0v) is 28.1. The first-order valence-electron chi connectivity index (χ1n) is 17.8. The molecule has 2 nitrogen and oxygen atoms in total. The fourth-order valence-electron chi connectivity index (χ4n) is 8.40. The lowest BCUT2D eigenvalue weighted by atomic mass is 9.83. The zero-order valence-electron chi connectivity index (χ0n) is 28.1. The Hall–Kier alpha value is -6.90. The van der Waals surface area contributed by atoms with Gasteiger partial charge < -0.3 is 8.83 Å². The van der Waals surface area contributed by atoms with E-state index in [1.54, 1.807) is 0 Å². The molecular weight excluding hydrogens is 633 g/mol. The van der Waals surface area contributed by atoms with Gasteiger partial charge in [-0.3, -0.25) is 0 Å². The van der Waals surface area contributed by atoms with Crippen molar-refractivity contribution >= 4 is 65.4 Å². The molecule has 0 aliphatic heterocycles. The molecule has 0 fully saturated rings. The van der Waals surface area contributed by atoms with Gasteiger partial charge in [0.15, 0.2) is 0 Å². The van der Waals surface area contributed by atoms with Gasteiger partial charge in [0.25, 0.3) is 0 Å². The van der Waals surface area contributed by atoms with Crippen LogP contribution in [-0.4, -0.2) is 0 Å². The third-order valence-corrected chi connectivity index (χ3v) is 10.7. The van der Waals surface area contributed by atoms with Crippen LogP contribution in [0.2, 0.25) is 0 Å². The monoisotopic (exact) mass is 662 g/mol. The predicted octanol–water partition coefficient (Wildman–Crippen LogP) is 14.5. The van der Waals surface area contributed by atoms with Crippen LogP contribution < -0.4 is 0 Å². The van der Waals surface area contributed by atoms with Crippen LogP contribution in [0.15, 0.2) is 191 Å². The maximum atomic E-state index is 6.61. The van der Waals surface area contributed by atoms with Gasteiger partial charge in [0.1, 0.15) is 22.3 Å². The van der Waals surface area contributed by atoms with Crippen LogP contribution in [0.4, 0.5) is 0 Å². The molecule has 0 radical (unpaired) electrons. The van der Waals surface area contributed by atoms with E-state index in [4.69, 9.17) is 8.83 Å². The molecule has 0 bridgehead atoms. The van der Waals surface area contributed by atoms with Gasteiger partial charge in [-0.2, -0.15) is 0 Å². The maximum absolute atomic E-state index is 6.61. The standard InChI is InChI=1S/C50H30O2/c1-2-14-31(15-3-1)34-16-4-5-18-36(34)47-39-21-8-6-19-37(39)46(38-20-7-9-22-40(38)47)33-28-26-32(27-29-33)42-30-43-35-17-10-12-24-44(35)51-50(43)48-41-23-11-13-25-45(41)52-49(42)48/h1-30H. The molecule has 0 amide bonds. The van der Waals surface area contributed by atoms with E-state index in [0.29, 0.717) is 0 Å². The maximum Gasteiger partial charge on any atom is 0.147 e. The second-order valence-electron chi connectivity index (χ2n) is 13.5. The number of hydrogen-bond donors (Lipinski definition) is 0. The summed E-state index contributed by atoms with van der Waals surface area (Å²) in [7, 11) is 0. The molecule has 0 saturated carbocycles. The van der Waals surface area contributed by atoms with E-state index in [0.717, 1.165) is 55.0 Å². The van der Waals surface area contributed by atoms with Crippen LogP contribution >= 0.6 is 0 Å². The Bertz CT molecular complexity index is 3100. The molecule has 2 heteroatoms. The Labute approximate surface area is 299 Å². The number of benzene rings is 9. The Morgan fingerprint density at radius 2 is 0.731 bits per heavy atom. The van der Waals surface area contributed by atoms with Crippen molar-refractivity contribution in [1.82, 2.24) is 0 Å². The molecule has 0 aliphatic rings. The number of hydrogen-bond acceptors (Lipinski definition) is 2. The minimum atomic E-state index is 0.845. The summed E-state index contributed by atoms with van der Waals surface area (Å²) in [6.07, 6.45) is 0. The molecule has 11 aromatic rings. The molecule has 0 saturated heterocycles. The Morgan fingerprint density at radius 3 is 1.40 bits per heavy atom. The summed E-state index contributed by atoms with van der Waals surface area (Å²) in [4.78, 5) is 0. The molecule has 0 unspecified atom stereocenters. The van der Waals surface area contributed by atoms with Crippen molar-refractivity contribution < 1.29 is 8.83 Å². The molecule has 0 N–H and O–H groups in total. The van der Waals surface area contributed by atoms with Crippen LogP contribution in [0.3, 0.4) is 0 Å². The first-order valence-corrected chi connectivity index (χ1v) is 17.8. The van der Waals surface area contributed by atoms with Crippen molar-refractivity contribution in [3.63, 3.8) is 0 Å². The van der Waals surface area contributed by atoms with Crippen LogP contribution in [0.1, 0.15) is 0 Å². The smallest absolute Gasteiger partial charge is 0.147 e. The highest BCUT2D eigenvalue weighted by molar-refractivity contribution is 6.26. The lowest BCUT2D eigenvalue weighted by Gasteiger charge is -2.19. The average molecular weight is 663 g/mol. The van der Waals surface area contributed by atoms with Gasteiger partial charge >= 0.3 is 0 Å². The van der Waals surface area contributed by atoms with Crippen LogP contribution in [0.5, 0.6) is 0 Å². The summed E-state index contributed by atoms with van der Waals surface area (Å²) < 4.78 is 13.1. The molecular formula is C50H30O2. The fourth-order valence-corrected chi connectivity index (χ4v) is 8.40.